The Labute approximate surface area is 123 Å². The van der Waals surface area contributed by atoms with Crippen molar-refractivity contribution in [3.8, 4) is 0 Å². The molecule has 6 heteroatoms. The first kappa shape index (κ1) is 15.0. The molecule has 1 aliphatic heterocycles. The van der Waals surface area contributed by atoms with Gasteiger partial charge in [0.1, 0.15) is 6.04 Å². The molecule has 1 fully saturated rings. The molecule has 2 atom stereocenters. The van der Waals surface area contributed by atoms with Crippen LogP contribution in [0.2, 0.25) is 0 Å². The zero-order chi connectivity index (χ0) is 15.6. The Morgan fingerprint density at radius 3 is 2.52 bits per heavy atom. The molecule has 112 valence electrons. The van der Waals surface area contributed by atoms with E-state index in [1.54, 1.807) is 24.3 Å². The van der Waals surface area contributed by atoms with Crippen molar-refractivity contribution in [2.24, 2.45) is 5.73 Å². The van der Waals surface area contributed by atoms with Gasteiger partial charge in [-0.15, -0.1) is 0 Å². The number of carbonyl (C=O) groups excluding carboxylic acids is 3. The van der Waals surface area contributed by atoms with Crippen LogP contribution in [0.15, 0.2) is 24.3 Å². The summed E-state index contributed by atoms with van der Waals surface area (Å²) in [6.45, 7) is 3.80. The SMILES string of the molecule is CCC(C)N1C(=O)CC(Nc2ccc(C(N)=O)cc2)C1=O. The van der Waals surface area contributed by atoms with Crippen LogP contribution in [0.5, 0.6) is 0 Å². The van der Waals surface area contributed by atoms with E-state index in [9.17, 15) is 14.4 Å². The molecule has 6 nitrogen and oxygen atoms in total. The maximum Gasteiger partial charge on any atom is 0.252 e. The van der Waals surface area contributed by atoms with E-state index < -0.39 is 11.9 Å². The second-order valence-corrected chi connectivity index (χ2v) is 5.20. The second-order valence-electron chi connectivity index (χ2n) is 5.20. The van der Waals surface area contributed by atoms with Crippen molar-refractivity contribution in [1.29, 1.82) is 0 Å². The lowest BCUT2D eigenvalue weighted by Crippen LogP contribution is -2.40. The number of anilines is 1. The number of nitrogens with one attached hydrogen (secondary N) is 1. The van der Waals surface area contributed by atoms with Crippen LogP contribution in [0, 0.1) is 0 Å². The molecule has 21 heavy (non-hydrogen) atoms. The van der Waals surface area contributed by atoms with E-state index in [2.05, 4.69) is 5.32 Å². The van der Waals surface area contributed by atoms with Crippen molar-refractivity contribution >= 4 is 23.4 Å². The molecule has 1 aromatic rings. The Hall–Kier alpha value is -2.37. The van der Waals surface area contributed by atoms with Gasteiger partial charge in [0.25, 0.3) is 5.91 Å². The van der Waals surface area contributed by atoms with Crippen molar-refractivity contribution < 1.29 is 14.4 Å². The maximum atomic E-state index is 12.3. The summed E-state index contributed by atoms with van der Waals surface area (Å²) in [7, 11) is 0. The van der Waals surface area contributed by atoms with Crippen molar-refractivity contribution in [1.82, 2.24) is 4.90 Å². The third-order valence-electron chi connectivity index (χ3n) is 3.72. The summed E-state index contributed by atoms with van der Waals surface area (Å²) >= 11 is 0. The van der Waals surface area contributed by atoms with Gasteiger partial charge in [-0.2, -0.15) is 0 Å². The Kier molecular flexibility index (Phi) is 4.26. The van der Waals surface area contributed by atoms with E-state index in [4.69, 9.17) is 5.73 Å². The minimum Gasteiger partial charge on any atom is -0.373 e. The normalized spacial score (nSPS) is 19.7. The zero-order valence-electron chi connectivity index (χ0n) is 12.1. The van der Waals surface area contributed by atoms with Crippen molar-refractivity contribution in [2.45, 2.75) is 38.8 Å². The van der Waals surface area contributed by atoms with Crippen molar-refractivity contribution in [3.63, 3.8) is 0 Å². The first-order valence-electron chi connectivity index (χ1n) is 6.96. The summed E-state index contributed by atoms with van der Waals surface area (Å²) in [5.74, 6) is -0.856. The van der Waals surface area contributed by atoms with E-state index in [-0.39, 0.29) is 24.3 Å². The molecule has 1 aromatic carbocycles. The molecule has 0 radical (unpaired) electrons. The molecule has 1 saturated heterocycles. The number of nitrogens with zero attached hydrogens (tertiary/aromatic N) is 1. The van der Waals surface area contributed by atoms with Crippen LogP contribution in [0.1, 0.15) is 37.0 Å². The topological polar surface area (TPSA) is 92.5 Å². The predicted octanol–water partition coefficient (Wildman–Crippen LogP) is 1.12. The molecule has 1 aliphatic rings. The summed E-state index contributed by atoms with van der Waals surface area (Å²) in [4.78, 5) is 36.5. The summed E-state index contributed by atoms with van der Waals surface area (Å²) in [5, 5.41) is 3.03. The molecule has 2 unspecified atom stereocenters. The molecule has 1 heterocycles. The average molecular weight is 289 g/mol. The fourth-order valence-corrected chi connectivity index (χ4v) is 2.34. The van der Waals surface area contributed by atoms with E-state index in [0.717, 1.165) is 6.42 Å². The Balaban J connectivity index is 2.08. The average Bonchev–Trinajstić information content (AvgIpc) is 2.73. The van der Waals surface area contributed by atoms with E-state index in [1.165, 1.54) is 4.90 Å². The minimum absolute atomic E-state index is 0.0889. The molecule has 3 N–H and O–H groups in total. The molecule has 0 spiro atoms. The smallest absolute Gasteiger partial charge is 0.252 e. The van der Waals surface area contributed by atoms with Crippen molar-refractivity contribution in [3.05, 3.63) is 29.8 Å². The number of amides is 3. The van der Waals surface area contributed by atoms with Gasteiger partial charge in [-0.05, 0) is 37.6 Å². The molecule has 0 bridgehead atoms. The van der Waals surface area contributed by atoms with Crippen LogP contribution < -0.4 is 11.1 Å². The van der Waals surface area contributed by atoms with E-state index in [0.29, 0.717) is 11.3 Å². The van der Waals surface area contributed by atoms with Crippen LogP contribution in [0.25, 0.3) is 0 Å². The number of hydrogen-bond donors (Lipinski definition) is 2. The number of carbonyl (C=O) groups is 3. The Morgan fingerprint density at radius 1 is 1.38 bits per heavy atom. The summed E-state index contributed by atoms with van der Waals surface area (Å²) < 4.78 is 0. The molecule has 0 aromatic heterocycles. The standard InChI is InChI=1S/C15H19N3O3/c1-3-9(2)18-13(19)8-12(15(18)21)17-11-6-4-10(5-7-11)14(16)20/h4-7,9,12,17H,3,8H2,1-2H3,(H2,16,20). The van der Waals surface area contributed by atoms with Gasteiger partial charge in [-0.25, -0.2) is 0 Å². The van der Waals surface area contributed by atoms with Gasteiger partial charge in [0, 0.05) is 17.3 Å². The van der Waals surface area contributed by atoms with E-state index in [1.807, 2.05) is 13.8 Å². The number of imide groups is 1. The molecule has 3 amide bonds. The number of nitrogens with two attached hydrogens (primary N) is 1. The lowest BCUT2D eigenvalue weighted by Gasteiger charge is -2.21. The van der Waals surface area contributed by atoms with E-state index >= 15 is 0 Å². The highest BCUT2D eigenvalue weighted by molar-refractivity contribution is 6.07. The number of hydrogen-bond acceptors (Lipinski definition) is 4. The number of rotatable bonds is 5. The highest BCUT2D eigenvalue weighted by Gasteiger charge is 2.40. The Morgan fingerprint density at radius 2 is 2.00 bits per heavy atom. The quantitative estimate of drug-likeness (QED) is 0.795. The van der Waals surface area contributed by atoms with Gasteiger partial charge in [-0.3, -0.25) is 19.3 Å². The highest BCUT2D eigenvalue weighted by atomic mass is 16.2. The number of primary amides is 1. The Bertz CT molecular complexity index is 568. The van der Waals surface area contributed by atoms with Gasteiger partial charge in [-0.1, -0.05) is 6.92 Å². The largest absolute Gasteiger partial charge is 0.373 e. The van der Waals surface area contributed by atoms with Gasteiger partial charge in [0.05, 0.1) is 6.42 Å². The molecule has 2 rings (SSSR count). The monoisotopic (exact) mass is 289 g/mol. The fourth-order valence-electron chi connectivity index (χ4n) is 2.34. The van der Waals surface area contributed by atoms with Crippen molar-refractivity contribution in [2.75, 3.05) is 5.32 Å². The molecular formula is C15H19N3O3. The highest BCUT2D eigenvalue weighted by Crippen LogP contribution is 2.21. The van der Waals surface area contributed by atoms with Gasteiger partial charge < -0.3 is 11.1 Å². The number of benzene rings is 1. The third kappa shape index (κ3) is 3.04. The van der Waals surface area contributed by atoms with Gasteiger partial charge in [0.2, 0.25) is 11.8 Å². The van der Waals surface area contributed by atoms with Crippen LogP contribution in [-0.4, -0.2) is 34.7 Å². The van der Waals surface area contributed by atoms with Gasteiger partial charge >= 0.3 is 0 Å². The summed E-state index contributed by atoms with van der Waals surface area (Å²) in [6, 6.07) is 5.87. The predicted molar refractivity (Wildman–Crippen MR) is 78.6 cm³/mol. The molecule has 0 saturated carbocycles. The fraction of sp³-hybridized carbons (Fsp3) is 0.400. The minimum atomic E-state index is -0.550. The molecule has 0 aliphatic carbocycles. The van der Waals surface area contributed by atoms with Gasteiger partial charge in [0.15, 0.2) is 0 Å². The first-order valence-corrected chi connectivity index (χ1v) is 6.96. The third-order valence-corrected chi connectivity index (χ3v) is 3.72. The summed E-state index contributed by atoms with van der Waals surface area (Å²) in [5.41, 5.74) is 6.25. The van der Waals surface area contributed by atoms with Crippen LogP contribution >= 0.6 is 0 Å². The number of likely N-dealkylation sites (tertiary alicyclic amines) is 1. The molecular weight excluding hydrogens is 270 g/mol. The lowest BCUT2D eigenvalue weighted by atomic mass is 10.1. The van der Waals surface area contributed by atoms with Crippen LogP contribution in [0.4, 0.5) is 5.69 Å². The summed E-state index contributed by atoms with van der Waals surface area (Å²) in [6.07, 6.45) is 0.887. The van der Waals surface area contributed by atoms with Crippen LogP contribution in [0.3, 0.4) is 0 Å². The lowest BCUT2D eigenvalue weighted by molar-refractivity contribution is -0.140. The first-order chi connectivity index (χ1) is 9.93. The second kappa shape index (κ2) is 5.95. The maximum absolute atomic E-state index is 12.3. The van der Waals surface area contributed by atoms with Crippen LogP contribution in [-0.2, 0) is 9.59 Å². The zero-order valence-corrected chi connectivity index (χ0v) is 12.1.